The number of pyridine rings is 1. The largest absolute Gasteiger partial charge is 0.452 e. The average Bonchev–Trinajstić information content (AvgIpc) is 3.44. The summed E-state index contributed by atoms with van der Waals surface area (Å²) in [5.41, 5.74) is 1.21. The van der Waals surface area contributed by atoms with E-state index < -0.39 is 52.0 Å². The number of ether oxygens (including phenoxy) is 1. The number of aromatic nitrogens is 5. The summed E-state index contributed by atoms with van der Waals surface area (Å²) in [6.07, 6.45) is -3.83. The lowest BCUT2D eigenvalue weighted by Gasteiger charge is -2.12. The quantitative estimate of drug-likeness (QED) is 0.273. The Balaban J connectivity index is 1.64. The van der Waals surface area contributed by atoms with Gasteiger partial charge in [-0.2, -0.15) is 18.3 Å². The summed E-state index contributed by atoms with van der Waals surface area (Å²) in [5, 5.41) is 3.83. The topological polar surface area (TPSA) is 121 Å². The van der Waals surface area contributed by atoms with Crippen LogP contribution in [0.5, 0.6) is 11.5 Å². The van der Waals surface area contributed by atoms with Crippen LogP contribution in [0, 0.1) is 11.6 Å². The summed E-state index contributed by atoms with van der Waals surface area (Å²) < 4.78 is 79.4. The van der Waals surface area contributed by atoms with Gasteiger partial charge in [0, 0.05) is 23.9 Å². The Morgan fingerprint density at radius 1 is 1.05 bits per heavy atom. The molecule has 3 aromatic heterocycles. The first-order chi connectivity index (χ1) is 18.9. The van der Waals surface area contributed by atoms with E-state index in [1.165, 1.54) is 35.0 Å². The maximum absolute atomic E-state index is 15.3. The summed E-state index contributed by atoms with van der Waals surface area (Å²) in [7, 11) is 0. The van der Waals surface area contributed by atoms with Crippen molar-refractivity contribution in [1.29, 1.82) is 0 Å². The Morgan fingerprint density at radius 2 is 1.77 bits per heavy atom. The van der Waals surface area contributed by atoms with Crippen LogP contribution in [0.3, 0.4) is 0 Å². The van der Waals surface area contributed by atoms with E-state index in [2.05, 4.69) is 15.1 Å². The summed E-state index contributed by atoms with van der Waals surface area (Å²) in [6.45, 7) is 3.51. The zero-order valence-corrected chi connectivity index (χ0v) is 20.8. The van der Waals surface area contributed by atoms with Gasteiger partial charge in [-0.15, -0.1) is 0 Å². The van der Waals surface area contributed by atoms with Gasteiger partial charge in [-0.25, -0.2) is 23.2 Å². The van der Waals surface area contributed by atoms with Gasteiger partial charge in [-0.05, 0) is 44.2 Å². The van der Waals surface area contributed by atoms with E-state index in [4.69, 9.17) is 10.5 Å². The number of fused-ring (bicyclic) bond motifs is 1. The molecule has 2 aromatic carbocycles. The van der Waals surface area contributed by atoms with E-state index in [9.17, 15) is 27.2 Å². The van der Waals surface area contributed by atoms with E-state index in [0.29, 0.717) is 0 Å². The lowest BCUT2D eigenvalue weighted by molar-refractivity contribution is -0.143. The van der Waals surface area contributed by atoms with Crippen LogP contribution in [0.2, 0.25) is 0 Å². The van der Waals surface area contributed by atoms with Crippen molar-refractivity contribution < 1.29 is 31.5 Å². The van der Waals surface area contributed by atoms with Gasteiger partial charge in [0.05, 0.1) is 5.56 Å². The van der Waals surface area contributed by atoms with Crippen LogP contribution in [0.4, 0.5) is 22.0 Å². The summed E-state index contributed by atoms with van der Waals surface area (Å²) >= 11 is 0. The fourth-order valence-corrected chi connectivity index (χ4v) is 4.36. The second-order valence-corrected chi connectivity index (χ2v) is 8.94. The molecule has 0 atom stereocenters. The highest BCUT2D eigenvalue weighted by atomic mass is 19.4. The molecule has 9 nitrogen and oxygen atoms in total. The van der Waals surface area contributed by atoms with Crippen molar-refractivity contribution in [1.82, 2.24) is 24.3 Å². The molecule has 0 radical (unpaired) electrons. The summed E-state index contributed by atoms with van der Waals surface area (Å²) in [5.74, 6) is -3.82. The van der Waals surface area contributed by atoms with Gasteiger partial charge in [0.25, 0.3) is 5.91 Å². The fourth-order valence-electron chi connectivity index (χ4n) is 4.36. The highest BCUT2D eigenvalue weighted by Gasteiger charge is 2.43. The van der Waals surface area contributed by atoms with E-state index in [-0.39, 0.29) is 38.9 Å². The van der Waals surface area contributed by atoms with Crippen LogP contribution in [-0.4, -0.2) is 30.2 Å². The first-order valence-corrected chi connectivity index (χ1v) is 11.7. The highest BCUT2D eigenvalue weighted by Crippen LogP contribution is 2.40. The Bertz CT molecular complexity index is 1840. The van der Waals surface area contributed by atoms with E-state index in [1.807, 2.05) is 0 Å². The molecule has 0 aliphatic rings. The number of benzene rings is 2. The third kappa shape index (κ3) is 4.46. The first-order valence-electron chi connectivity index (χ1n) is 11.7. The van der Waals surface area contributed by atoms with E-state index in [1.54, 1.807) is 13.8 Å². The second kappa shape index (κ2) is 9.63. The number of nitrogens with two attached hydrogens (primary N) is 1. The van der Waals surface area contributed by atoms with Gasteiger partial charge in [0.2, 0.25) is 0 Å². The molecule has 14 heteroatoms. The van der Waals surface area contributed by atoms with Gasteiger partial charge in [-0.1, -0.05) is 12.1 Å². The predicted octanol–water partition coefficient (Wildman–Crippen LogP) is 5.35. The van der Waals surface area contributed by atoms with Gasteiger partial charge < -0.3 is 10.5 Å². The standard InChI is InChI=1S/C26H19F5N6O3/c1-12(2)36-21-18(9-10-33-24(21)34-25(36)39)40-17-8-7-13(11-15(17)28)20-19(23(32)38)22(26(29,30)31)37(35-20)16-6-4-3-5-14(16)27/h3-12H,1-2H3,(H2,32,38)(H,33,34,39). The van der Waals surface area contributed by atoms with Gasteiger partial charge in [0.1, 0.15) is 22.7 Å². The number of carbonyl (C=O) groups excluding carboxylic acids is 1. The minimum absolute atomic E-state index is 0.0877. The number of rotatable bonds is 6. The van der Waals surface area contributed by atoms with Crippen molar-refractivity contribution in [3.05, 3.63) is 88.1 Å². The lowest BCUT2D eigenvalue weighted by Crippen LogP contribution is -2.21. The number of para-hydroxylation sites is 1. The molecular formula is C26H19F5N6O3. The van der Waals surface area contributed by atoms with Crippen LogP contribution in [-0.2, 0) is 6.18 Å². The number of carbonyl (C=O) groups is 1. The zero-order chi connectivity index (χ0) is 28.9. The summed E-state index contributed by atoms with van der Waals surface area (Å²) in [4.78, 5) is 31.2. The number of hydrogen-bond donors (Lipinski definition) is 2. The van der Waals surface area contributed by atoms with Crippen molar-refractivity contribution >= 4 is 17.1 Å². The molecule has 3 heterocycles. The van der Waals surface area contributed by atoms with Crippen molar-refractivity contribution in [2.75, 3.05) is 0 Å². The van der Waals surface area contributed by atoms with Crippen LogP contribution >= 0.6 is 0 Å². The molecule has 0 bridgehead atoms. The Morgan fingerprint density at radius 3 is 2.40 bits per heavy atom. The number of halogens is 5. The Kier molecular flexibility index (Phi) is 6.40. The van der Waals surface area contributed by atoms with Crippen molar-refractivity contribution in [2.24, 2.45) is 5.73 Å². The number of nitrogens with one attached hydrogen (secondary N) is 1. The zero-order valence-electron chi connectivity index (χ0n) is 20.8. The Hall–Kier alpha value is -5.01. The molecule has 5 rings (SSSR count). The number of H-pyrrole nitrogens is 1. The SMILES string of the molecule is CC(C)n1c(=O)[nH]c2nccc(Oc3ccc(-c4nn(-c5ccccc5F)c(C(F)(F)F)c4C(N)=O)cc3F)c21. The summed E-state index contributed by atoms with van der Waals surface area (Å²) in [6, 6.07) is 8.73. The molecular weight excluding hydrogens is 539 g/mol. The number of imidazole rings is 1. The average molecular weight is 558 g/mol. The Labute approximate surface area is 221 Å². The van der Waals surface area contributed by atoms with Crippen LogP contribution in [0.1, 0.15) is 35.9 Å². The van der Waals surface area contributed by atoms with Crippen LogP contribution in [0.15, 0.2) is 59.5 Å². The molecule has 0 unspecified atom stereocenters. The number of nitrogens with zero attached hydrogens (tertiary/aromatic N) is 4. The minimum Gasteiger partial charge on any atom is -0.452 e. The third-order valence-electron chi connectivity index (χ3n) is 5.99. The fraction of sp³-hybridized carbons (Fsp3) is 0.154. The molecule has 206 valence electrons. The van der Waals surface area contributed by atoms with Crippen molar-refractivity contribution in [3.63, 3.8) is 0 Å². The smallest absolute Gasteiger partial charge is 0.434 e. The highest BCUT2D eigenvalue weighted by molar-refractivity contribution is 6.00. The molecule has 3 N–H and O–H groups in total. The number of amides is 1. The molecule has 1 amide bonds. The monoisotopic (exact) mass is 558 g/mol. The molecule has 0 spiro atoms. The second-order valence-electron chi connectivity index (χ2n) is 8.94. The number of primary amides is 1. The van der Waals surface area contributed by atoms with Crippen molar-refractivity contribution in [3.8, 4) is 28.4 Å². The molecule has 0 fully saturated rings. The first kappa shape index (κ1) is 26.6. The molecule has 0 aliphatic carbocycles. The van der Waals surface area contributed by atoms with Crippen LogP contribution < -0.4 is 16.2 Å². The van der Waals surface area contributed by atoms with Gasteiger partial charge in [-0.3, -0.25) is 14.3 Å². The van der Waals surface area contributed by atoms with Gasteiger partial charge in [0.15, 0.2) is 28.7 Å². The number of alkyl halides is 3. The maximum Gasteiger partial charge on any atom is 0.434 e. The number of hydrogen-bond acceptors (Lipinski definition) is 5. The van der Waals surface area contributed by atoms with Crippen LogP contribution in [0.25, 0.3) is 28.1 Å². The normalized spacial score (nSPS) is 11.9. The van der Waals surface area contributed by atoms with Gasteiger partial charge >= 0.3 is 11.9 Å². The predicted molar refractivity (Wildman–Crippen MR) is 133 cm³/mol. The molecule has 40 heavy (non-hydrogen) atoms. The minimum atomic E-state index is -5.17. The van der Waals surface area contributed by atoms with E-state index >= 15 is 4.39 Å². The molecule has 0 aliphatic heterocycles. The molecule has 0 saturated carbocycles. The molecule has 5 aromatic rings. The lowest BCUT2D eigenvalue weighted by atomic mass is 10.0. The molecule has 0 saturated heterocycles. The third-order valence-corrected chi connectivity index (χ3v) is 5.99. The number of aromatic amines is 1. The van der Waals surface area contributed by atoms with E-state index in [0.717, 1.165) is 24.3 Å². The van der Waals surface area contributed by atoms with Crippen molar-refractivity contribution in [2.45, 2.75) is 26.1 Å². The maximum atomic E-state index is 15.3.